The summed E-state index contributed by atoms with van der Waals surface area (Å²) < 4.78 is 0. The maximum Gasteiger partial charge on any atom is 0.252 e. The number of nitrogens with zero attached hydrogens (tertiary/aromatic N) is 1. The molecule has 0 bridgehead atoms. The Morgan fingerprint density at radius 1 is 1.33 bits per heavy atom. The second-order valence-corrected chi connectivity index (χ2v) is 5.66. The van der Waals surface area contributed by atoms with Crippen molar-refractivity contribution >= 4 is 17.7 Å². The van der Waals surface area contributed by atoms with Crippen LogP contribution in [-0.4, -0.2) is 40.7 Å². The highest BCUT2D eigenvalue weighted by atomic mass is 16.2. The van der Waals surface area contributed by atoms with Crippen molar-refractivity contribution in [1.82, 2.24) is 10.2 Å². The highest BCUT2D eigenvalue weighted by Crippen LogP contribution is 2.19. The first-order chi connectivity index (χ1) is 9.82. The standard InChI is InChI=1S/C15H19N3O3/c1-15(2)14(21)17-12(19)9-18(15)13(20)11(16)8-10-6-4-3-5-7-10/h3-7,11H,8-9,16H2,1-2H3,(H,17,19,21). The molecule has 1 aliphatic rings. The molecule has 0 saturated carbocycles. The van der Waals surface area contributed by atoms with Gasteiger partial charge in [-0.25, -0.2) is 0 Å². The third-order valence-corrected chi connectivity index (χ3v) is 3.67. The molecule has 1 heterocycles. The van der Waals surface area contributed by atoms with Gasteiger partial charge in [0.05, 0.1) is 6.04 Å². The van der Waals surface area contributed by atoms with Gasteiger partial charge in [0.1, 0.15) is 12.1 Å². The second kappa shape index (κ2) is 5.65. The molecule has 112 valence electrons. The summed E-state index contributed by atoms with van der Waals surface area (Å²) in [6, 6.07) is 8.60. The van der Waals surface area contributed by atoms with E-state index in [0.29, 0.717) is 6.42 Å². The summed E-state index contributed by atoms with van der Waals surface area (Å²) in [5, 5.41) is 2.23. The summed E-state index contributed by atoms with van der Waals surface area (Å²) in [6.07, 6.45) is 0.363. The third kappa shape index (κ3) is 3.11. The molecule has 1 fully saturated rings. The van der Waals surface area contributed by atoms with E-state index >= 15 is 0 Å². The van der Waals surface area contributed by atoms with E-state index in [-0.39, 0.29) is 6.54 Å². The van der Waals surface area contributed by atoms with Gasteiger partial charge in [0.2, 0.25) is 11.8 Å². The van der Waals surface area contributed by atoms with Gasteiger partial charge < -0.3 is 10.6 Å². The number of carbonyl (C=O) groups excluding carboxylic acids is 3. The van der Waals surface area contributed by atoms with E-state index in [1.807, 2.05) is 30.3 Å². The van der Waals surface area contributed by atoms with Crippen molar-refractivity contribution in [1.29, 1.82) is 0 Å². The van der Waals surface area contributed by atoms with E-state index in [4.69, 9.17) is 5.73 Å². The number of imide groups is 1. The van der Waals surface area contributed by atoms with Gasteiger partial charge in [-0.15, -0.1) is 0 Å². The van der Waals surface area contributed by atoms with Crippen LogP contribution in [0.5, 0.6) is 0 Å². The Labute approximate surface area is 123 Å². The van der Waals surface area contributed by atoms with Gasteiger partial charge in [0.15, 0.2) is 0 Å². The second-order valence-electron chi connectivity index (χ2n) is 5.66. The van der Waals surface area contributed by atoms with E-state index in [1.165, 1.54) is 4.90 Å². The van der Waals surface area contributed by atoms with E-state index in [0.717, 1.165) is 5.56 Å². The Bertz CT molecular complexity index is 569. The molecule has 0 aromatic heterocycles. The van der Waals surface area contributed by atoms with Crippen LogP contribution >= 0.6 is 0 Å². The number of amides is 3. The van der Waals surface area contributed by atoms with Crippen LogP contribution in [0.3, 0.4) is 0 Å². The Balaban J connectivity index is 2.14. The van der Waals surface area contributed by atoms with Crippen LogP contribution < -0.4 is 11.1 Å². The summed E-state index contributed by atoms with van der Waals surface area (Å²) in [4.78, 5) is 37.1. The number of nitrogens with two attached hydrogens (primary N) is 1. The number of nitrogens with one attached hydrogen (secondary N) is 1. The number of hydrogen-bond donors (Lipinski definition) is 2. The minimum Gasteiger partial charge on any atom is -0.320 e. The Hall–Kier alpha value is -2.21. The van der Waals surface area contributed by atoms with E-state index in [9.17, 15) is 14.4 Å². The predicted octanol–water partition coefficient (Wildman–Crippen LogP) is -0.180. The number of carbonyl (C=O) groups is 3. The molecule has 3 amide bonds. The van der Waals surface area contributed by atoms with Gasteiger partial charge in [-0.05, 0) is 25.8 Å². The van der Waals surface area contributed by atoms with Crippen LogP contribution in [0.4, 0.5) is 0 Å². The van der Waals surface area contributed by atoms with E-state index < -0.39 is 29.3 Å². The zero-order chi connectivity index (χ0) is 15.6. The molecule has 1 aromatic carbocycles. The molecule has 0 spiro atoms. The summed E-state index contributed by atoms with van der Waals surface area (Å²) in [6.45, 7) is 3.05. The third-order valence-electron chi connectivity index (χ3n) is 3.67. The molecule has 2 rings (SSSR count). The lowest BCUT2D eigenvalue weighted by Gasteiger charge is -2.41. The largest absolute Gasteiger partial charge is 0.320 e. The van der Waals surface area contributed by atoms with Gasteiger partial charge >= 0.3 is 0 Å². The van der Waals surface area contributed by atoms with Crippen molar-refractivity contribution in [2.45, 2.75) is 31.8 Å². The van der Waals surface area contributed by atoms with Crippen LogP contribution in [0.2, 0.25) is 0 Å². The molecule has 1 atom stereocenters. The van der Waals surface area contributed by atoms with E-state index in [1.54, 1.807) is 13.8 Å². The lowest BCUT2D eigenvalue weighted by atomic mass is 9.96. The van der Waals surface area contributed by atoms with Gasteiger partial charge in [0.25, 0.3) is 5.91 Å². The fraction of sp³-hybridized carbons (Fsp3) is 0.400. The molecule has 6 nitrogen and oxygen atoms in total. The lowest BCUT2D eigenvalue weighted by molar-refractivity contribution is -0.156. The summed E-state index contributed by atoms with van der Waals surface area (Å²) >= 11 is 0. The van der Waals surface area contributed by atoms with Gasteiger partial charge in [-0.1, -0.05) is 30.3 Å². The first-order valence-corrected chi connectivity index (χ1v) is 6.77. The molecule has 21 heavy (non-hydrogen) atoms. The predicted molar refractivity (Wildman–Crippen MR) is 77.1 cm³/mol. The van der Waals surface area contributed by atoms with Gasteiger partial charge in [-0.2, -0.15) is 0 Å². The first-order valence-electron chi connectivity index (χ1n) is 6.77. The van der Waals surface area contributed by atoms with Crippen molar-refractivity contribution in [3.05, 3.63) is 35.9 Å². The van der Waals surface area contributed by atoms with Crippen LogP contribution in [-0.2, 0) is 20.8 Å². The van der Waals surface area contributed by atoms with Gasteiger partial charge in [0, 0.05) is 0 Å². The van der Waals surface area contributed by atoms with Gasteiger partial charge in [-0.3, -0.25) is 19.7 Å². The zero-order valence-corrected chi connectivity index (χ0v) is 12.1. The molecule has 3 N–H and O–H groups in total. The average molecular weight is 289 g/mol. The van der Waals surface area contributed by atoms with Crippen LogP contribution in [0.15, 0.2) is 30.3 Å². The SMILES string of the molecule is CC1(C)C(=O)NC(=O)CN1C(=O)C(N)Cc1ccccc1. The minimum atomic E-state index is -1.08. The molecule has 1 aliphatic heterocycles. The smallest absolute Gasteiger partial charge is 0.252 e. The molecular weight excluding hydrogens is 270 g/mol. The quantitative estimate of drug-likeness (QED) is 0.755. The van der Waals surface area contributed by atoms with Crippen molar-refractivity contribution in [2.75, 3.05) is 6.54 Å². The van der Waals surface area contributed by atoms with E-state index in [2.05, 4.69) is 5.32 Å². The van der Waals surface area contributed by atoms with Crippen molar-refractivity contribution in [2.24, 2.45) is 5.73 Å². The Morgan fingerprint density at radius 2 is 1.95 bits per heavy atom. The molecule has 0 aliphatic carbocycles. The molecule has 1 aromatic rings. The van der Waals surface area contributed by atoms with Crippen LogP contribution in [0.1, 0.15) is 19.4 Å². The molecule has 6 heteroatoms. The number of piperazine rings is 1. The Kier molecular flexibility index (Phi) is 4.09. The lowest BCUT2D eigenvalue weighted by Crippen LogP contribution is -2.67. The highest BCUT2D eigenvalue weighted by Gasteiger charge is 2.44. The average Bonchev–Trinajstić information content (AvgIpc) is 2.43. The molecule has 1 saturated heterocycles. The van der Waals surface area contributed by atoms with Crippen molar-refractivity contribution < 1.29 is 14.4 Å². The maximum absolute atomic E-state index is 12.5. The van der Waals surface area contributed by atoms with Crippen LogP contribution in [0.25, 0.3) is 0 Å². The fourth-order valence-corrected chi connectivity index (χ4v) is 2.29. The number of rotatable bonds is 3. The number of benzene rings is 1. The molecular formula is C15H19N3O3. The molecule has 0 radical (unpaired) electrons. The summed E-state index contributed by atoms with van der Waals surface area (Å²) in [7, 11) is 0. The molecule has 1 unspecified atom stereocenters. The topological polar surface area (TPSA) is 92.5 Å². The monoisotopic (exact) mass is 289 g/mol. The minimum absolute atomic E-state index is 0.153. The number of hydrogen-bond acceptors (Lipinski definition) is 4. The maximum atomic E-state index is 12.5. The van der Waals surface area contributed by atoms with Crippen molar-refractivity contribution in [3.63, 3.8) is 0 Å². The highest BCUT2D eigenvalue weighted by molar-refractivity contribution is 6.06. The first kappa shape index (κ1) is 15.2. The van der Waals surface area contributed by atoms with Crippen LogP contribution in [0, 0.1) is 0 Å². The normalized spacial score (nSPS) is 19.1. The zero-order valence-electron chi connectivity index (χ0n) is 12.1. The summed E-state index contributed by atoms with van der Waals surface area (Å²) in [5.74, 6) is -1.37. The van der Waals surface area contributed by atoms with Crippen molar-refractivity contribution in [3.8, 4) is 0 Å². The Morgan fingerprint density at radius 3 is 2.57 bits per heavy atom. The summed E-state index contributed by atoms with van der Waals surface area (Å²) in [5.41, 5.74) is 5.81. The fourth-order valence-electron chi connectivity index (χ4n) is 2.29.